The van der Waals surface area contributed by atoms with Crippen LogP contribution in [0.5, 0.6) is 0 Å². The summed E-state index contributed by atoms with van der Waals surface area (Å²) in [6, 6.07) is -0.845. The van der Waals surface area contributed by atoms with Gasteiger partial charge in [-0.2, -0.15) is 0 Å². The number of aliphatic hydroxyl groups is 1. The molecule has 396 valence electrons. The van der Waals surface area contributed by atoms with Gasteiger partial charge in [0, 0.05) is 6.42 Å². The number of nitrogens with zero attached hydrogens (tertiary/aromatic N) is 1. The highest BCUT2D eigenvalue weighted by atomic mass is 31.2. The van der Waals surface area contributed by atoms with Gasteiger partial charge in [0.25, 0.3) is 0 Å². The molecular weight excluding hydrogens is 852 g/mol. The summed E-state index contributed by atoms with van der Waals surface area (Å²) in [5.74, 6) is -0.173. The van der Waals surface area contributed by atoms with Crippen molar-refractivity contribution in [1.82, 2.24) is 5.32 Å². The van der Waals surface area contributed by atoms with Crippen molar-refractivity contribution in [3.05, 3.63) is 36.5 Å². The van der Waals surface area contributed by atoms with Crippen LogP contribution in [0.3, 0.4) is 0 Å². The minimum atomic E-state index is -4.34. The van der Waals surface area contributed by atoms with E-state index in [1.54, 1.807) is 6.08 Å². The monoisotopic (exact) mass is 966 g/mol. The van der Waals surface area contributed by atoms with Gasteiger partial charge in [-0.1, -0.05) is 256 Å². The summed E-state index contributed by atoms with van der Waals surface area (Å²) in [7, 11) is 1.58. The summed E-state index contributed by atoms with van der Waals surface area (Å²) < 4.78 is 23.7. The third kappa shape index (κ3) is 52.4. The van der Waals surface area contributed by atoms with Crippen LogP contribution in [0.15, 0.2) is 36.5 Å². The summed E-state index contributed by atoms with van der Waals surface area (Å²) in [5.41, 5.74) is 0. The molecule has 8 nitrogen and oxygen atoms in total. The third-order valence-electron chi connectivity index (χ3n) is 13.1. The number of nitrogens with one attached hydrogen (secondary N) is 1. The van der Waals surface area contributed by atoms with E-state index in [1.165, 1.54) is 212 Å². The normalized spacial score (nSPS) is 14.2. The van der Waals surface area contributed by atoms with Crippen molar-refractivity contribution in [2.24, 2.45) is 0 Å². The first-order valence-electron chi connectivity index (χ1n) is 28.9. The number of rotatable bonds is 53. The van der Waals surface area contributed by atoms with E-state index in [2.05, 4.69) is 43.5 Å². The summed E-state index contributed by atoms with van der Waals surface area (Å²) in [4.78, 5) is 23.3. The number of unbranched alkanes of at least 4 members (excludes halogenated alkanes) is 36. The van der Waals surface area contributed by atoms with Crippen LogP contribution in [0, 0.1) is 0 Å². The molecule has 67 heavy (non-hydrogen) atoms. The average molecular weight is 967 g/mol. The van der Waals surface area contributed by atoms with Crippen molar-refractivity contribution < 1.29 is 32.9 Å². The molecule has 3 unspecified atom stereocenters. The minimum Gasteiger partial charge on any atom is -0.387 e. The van der Waals surface area contributed by atoms with Crippen LogP contribution in [-0.4, -0.2) is 73.4 Å². The van der Waals surface area contributed by atoms with Gasteiger partial charge in [0.1, 0.15) is 13.2 Å². The molecule has 0 saturated carbocycles. The second kappa shape index (κ2) is 49.7. The average Bonchev–Trinajstić information content (AvgIpc) is 3.29. The Labute approximate surface area is 417 Å². The number of phosphoric acid groups is 1. The molecule has 0 fully saturated rings. The molecule has 0 aromatic heterocycles. The second-order valence-electron chi connectivity index (χ2n) is 21.0. The fraction of sp³-hybridized carbons (Fsp3) is 0.879. The van der Waals surface area contributed by atoms with Gasteiger partial charge in [0.05, 0.1) is 39.9 Å². The van der Waals surface area contributed by atoms with Gasteiger partial charge >= 0.3 is 7.82 Å². The predicted molar refractivity (Wildman–Crippen MR) is 291 cm³/mol. The van der Waals surface area contributed by atoms with E-state index in [-0.39, 0.29) is 19.1 Å². The lowest BCUT2D eigenvalue weighted by atomic mass is 10.0. The molecule has 0 aromatic rings. The first kappa shape index (κ1) is 65.7. The highest BCUT2D eigenvalue weighted by Gasteiger charge is 2.27. The number of hydrogen-bond donors (Lipinski definition) is 3. The lowest BCUT2D eigenvalue weighted by Gasteiger charge is -2.25. The fourth-order valence-electron chi connectivity index (χ4n) is 8.54. The van der Waals surface area contributed by atoms with Crippen molar-refractivity contribution in [3.63, 3.8) is 0 Å². The Kier molecular flexibility index (Phi) is 48.7. The van der Waals surface area contributed by atoms with Crippen molar-refractivity contribution >= 4 is 13.7 Å². The number of phosphoric ester groups is 1. The first-order valence-corrected chi connectivity index (χ1v) is 30.4. The number of hydrogen-bond acceptors (Lipinski definition) is 5. The van der Waals surface area contributed by atoms with Crippen LogP contribution >= 0.6 is 7.82 Å². The molecule has 0 bridgehead atoms. The van der Waals surface area contributed by atoms with Crippen LogP contribution in [-0.2, 0) is 18.4 Å². The largest absolute Gasteiger partial charge is 0.472 e. The van der Waals surface area contributed by atoms with Crippen LogP contribution in [0.2, 0.25) is 0 Å². The van der Waals surface area contributed by atoms with Crippen LogP contribution in [0.4, 0.5) is 0 Å². The number of allylic oxidation sites excluding steroid dienone is 5. The smallest absolute Gasteiger partial charge is 0.387 e. The molecule has 0 radical (unpaired) electrons. The molecule has 0 aliphatic carbocycles. The zero-order valence-electron chi connectivity index (χ0n) is 45.2. The number of carbonyl (C=O) groups is 1. The maximum atomic E-state index is 13.0. The third-order valence-corrected chi connectivity index (χ3v) is 14.1. The molecule has 0 heterocycles. The molecule has 0 rings (SSSR count). The predicted octanol–water partition coefficient (Wildman–Crippen LogP) is 17.4. The van der Waals surface area contributed by atoms with Crippen LogP contribution < -0.4 is 5.32 Å². The van der Waals surface area contributed by atoms with Crippen molar-refractivity contribution in [2.75, 3.05) is 40.9 Å². The number of carbonyl (C=O) groups excluding carboxylic acids is 1. The van der Waals surface area contributed by atoms with Gasteiger partial charge in [-0.25, -0.2) is 4.57 Å². The Morgan fingerprint density at radius 1 is 0.507 bits per heavy atom. The number of amides is 1. The number of quaternary nitrogens is 1. The second-order valence-corrected chi connectivity index (χ2v) is 22.5. The lowest BCUT2D eigenvalue weighted by Crippen LogP contribution is -2.45. The molecule has 3 atom stereocenters. The topological polar surface area (TPSA) is 105 Å². The van der Waals surface area contributed by atoms with E-state index >= 15 is 0 Å². The quantitative estimate of drug-likeness (QED) is 0.0243. The molecule has 1 amide bonds. The summed E-state index contributed by atoms with van der Waals surface area (Å²) in [6.07, 6.45) is 63.8. The summed E-state index contributed by atoms with van der Waals surface area (Å²) >= 11 is 0. The Bertz CT molecular complexity index is 1190. The van der Waals surface area contributed by atoms with E-state index < -0.39 is 20.0 Å². The maximum absolute atomic E-state index is 13.0. The van der Waals surface area contributed by atoms with Crippen molar-refractivity contribution in [1.29, 1.82) is 0 Å². The zero-order chi connectivity index (χ0) is 49.2. The Balaban J connectivity index is 4.11. The van der Waals surface area contributed by atoms with E-state index in [4.69, 9.17) is 9.05 Å². The molecule has 0 spiro atoms. The maximum Gasteiger partial charge on any atom is 0.472 e. The van der Waals surface area contributed by atoms with E-state index in [9.17, 15) is 19.4 Å². The van der Waals surface area contributed by atoms with Gasteiger partial charge in [-0.05, 0) is 51.4 Å². The van der Waals surface area contributed by atoms with Gasteiger partial charge in [0.2, 0.25) is 5.91 Å². The van der Waals surface area contributed by atoms with Crippen LogP contribution in [0.1, 0.15) is 277 Å². The van der Waals surface area contributed by atoms with E-state index in [1.807, 2.05) is 27.2 Å². The highest BCUT2D eigenvalue weighted by molar-refractivity contribution is 7.47. The Morgan fingerprint density at radius 3 is 1.22 bits per heavy atom. The van der Waals surface area contributed by atoms with Gasteiger partial charge in [-0.3, -0.25) is 13.8 Å². The van der Waals surface area contributed by atoms with Gasteiger partial charge < -0.3 is 19.8 Å². The molecule has 0 aliphatic heterocycles. The summed E-state index contributed by atoms with van der Waals surface area (Å²) in [6.45, 7) is 4.83. The molecule has 9 heteroatoms. The van der Waals surface area contributed by atoms with Crippen molar-refractivity contribution in [3.8, 4) is 0 Å². The van der Waals surface area contributed by atoms with Crippen molar-refractivity contribution in [2.45, 2.75) is 289 Å². The molecule has 0 aliphatic rings. The Morgan fingerprint density at radius 2 is 0.851 bits per heavy atom. The highest BCUT2D eigenvalue weighted by Crippen LogP contribution is 2.43. The fourth-order valence-corrected chi connectivity index (χ4v) is 9.28. The Hall–Kier alpha value is -1.28. The van der Waals surface area contributed by atoms with E-state index in [0.717, 1.165) is 44.9 Å². The molecule has 0 aromatic carbocycles. The van der Waals surface area contributed by atoms with Gasteiger partial charge in [-0.15, -0.1) is 0 Å². The summed E-state index contributed by atoms with van der Waals surface area (Å²) in [5, 5.41) is 13.9. The first-order chi connectivity index (χ1) is 32.5. The zero-order valence-corrected chi connectivity index (χ0v) is 46.0. The lowest BCUT2D eigenvalue weighted by molar-refractivity contribution is -0.870. The standard InChI is InChI=1S/C58H113N2O6P/c1-6-8-10-12-14-16-18-20-22-24-25-26-27-28-29-30-31-32-33-34-35-36-38-40-42-44-46-48-50-52-58(62)59-56(55-66-67(63,64)65-54-53-60(3,4)5)57(61)51-49-47-45-43-41-39-37-23-21-19-17-15-13-11-9-7-2/h18,20,24-25,49,51,56-57,61H,6-17,19,21-23,26-48,50,52-55H2,1-5H3,(H-,59,62,63,64)/p+1/b20-18-,25-24-,51-49+. The van der Waals surface area contributed by atoms with Gasteiger partial charge in [0.15, 0.2) is 0 Å². The molecule has 3 N–H and O–H groups in total. The SMILES string of the molecule is CCCCCCC/C=C\C/C=C\CCCCCCCCCCCCCCCCCCCC(=O)NC(COP(=O)(O)OCC[N+](C)(C)C)C(O)/C=C/CCCCCCCCCCCCCCCC. The number of likely N-dealkylation sites (N-methyl/N-ethyl adjacent to an activating group) is 1. The molecular formula is C58H114N2O6P+. The van der Waals surface area contributed by atoms with Crippen LogP contribution in [0.25, 0.3) is 0 Å². The molecule has 0 saturated heterocycles. The number of aliphatic hydroxyl groups excluding tert-OH is 1. The minimum absolute atomic E-state index is 0.0629. The van der Waals surface area contributed by atoms with E-state index in [0.29, 0.717) is 17.4 Å².